The minimum absolute atomic E-state index is 0.0125. The Bertz CT molecular complexity index is 4220. The smallest absolute Gasteiger partial charge is 0.252 e. The Kier molecular flexibility index (Phi) is 13.0. The molecule has 2 atom stereocenters. The largest absolute Gasteiger partial charge is 0.334 e. The van der Waals surface area contributed by atoms with E-state index in [2.05, 4.69) is 307 Å². The van der Waals surface area contributed by atoms with Crippen LogP contribution < -0.4 is 31.1 Å². The van der Waals surface area contributed by atoms with Gasteiger partial charge in [0.05, 0.1) is 16.9 Å². The van der Waals surface area contributed by atoms with E-state index in [1.54, 1.807) is 0 Å². The van der Waals surface area contributed by atoms with E-state index in [0.717, 1.165) is 25.7 Å². The fourth-order valence-electron chi connectivity index (χ4n) is 16.6. The van der Waals surface area contributed by atoms with Crippen LogP contribution in [0.2, 0.25) is 0 Å². The Balaban J connectivity index is 1.08. The maximum Gasteiger partial charge on any atom is 0.252 e. The zero-order chi connectivity index (χ0) is 61.1. The predicted molar refractivity (Wildman–Crippen MR) is 375 cm³/mol. The molecule has 0 saturated heterocycles. The van der Waals surface area contributed by atoms with Gasteiger partial charge in [-0.15, -0.1) is 0 Å². The van der Waals surface area contributed by atoms with Crippen molar-refractivity contribution in [2.75, 3.05) is 14.7 Å². The summed E-state index contributed by atoms with van der Waals surface area (Å²) in [6.45, 7) is 38.1. The first-order chi connectivity index (χ1) is 41.1. The number of nitrogens with zero attached hydrogens (tertiary/aromatic N) is 3. The van der Waals surface area contributed by atoms with Crippen molar-refractivity contribution in [3.63, 3.8) is 0 Å². The average Bonchev–Trinajstić information content (AvgIpc) is 1.66. The number of hydrogen-bond acceptors (Lipinski definition) is 3. The van der Waals surface area contributed by atoms with Gasteiger partial charge in [0.15, 0.2) is 0 Å². The monoisotopic (exact) mass is 1140 g/mol. The molecule has 3 heterocycles. The minimum atomic E-state index is -0.264. The summed E-state index contributed by atoms with van der Waals surface area (Å²) in [5, 5.41) is 0. The molecule has 9 aromatic rings. The van der Waals surface area contributed by atoms with E-state index < -0.39 is 0 Å². The molecule has 3 aliphatic heterocycles. The van der Waals surface area contributed by atoms with E-state index in [-0.39, 0.29) is 44.7 Å². The molecule has 4 heteroatoms. The van der Waals surface area contributed by atoms with Crippen LogP contribution in [0.4, 0.5) is 45.5 Å². The standard InChI is InChI=1S/C83H90BN3/c1-53-43-74-76-75(44-53)86(70-38-34-61(79(8,9)10)48-65(70)55-27-21-18-22-28-55)73-46-57-52-81(14,15)51-56(57)45-67(73)84(76)68-50-63(36-40-72(68)85(74)69-37-33-60(78(5,6)7)47-64(69)54-25-19-17-20-26-54)87-71-39-35-62(80(11,12)13)49-66(71)83(42-24-23-41-82(83,87)16)59-31-29-58(30-32-59)77(2,3)4/h17-22,25-40,43-50H,23-24,41-42,51-52H2,1-16H3. The van der Waals surface area contributed by atoms with Crippen molar-refractivity contribution < 1.29 is 0 Å². The summed E-state index contributed by atoms with van der Waals surface area (Å²) >= 11 is 0. The summed E-state index contributed by atoms with van der Waals surface area (Å²) in [5.74, 6) is 0. The Morgan fingerprint density at radius 3 is 1.40 bits per heavy atom. The van der Waals surface area contributed by atoms with Gasteiger partial charge in [0.2, 0.25) is 0 Å². The molecule has 2 aliphatic carbocycles. The third-order valence-electron chi connectivity index (χ3n) is 21.2. The fraction of sp³-hybridized carbons (Fsp3) is 0.349. The molecule has 1 fully saturated rings. The molecule has 0 bridgehead atoms. The molecule has 3 nitrogen and oxygen atoms in total. The Morgan fingerprint density at radius 2 is 0.862 bits per heavy atom. The molecule has 5 aliphatic rings. The van der Waals surface area contributed by atoms with Gasteiger partial charge >= 0.3 is 0 Å². The normalized spacial score (nSPS) is 19.3. The van der Waals surface area contributed by atoms with Crippen molar-refractivity contribution in [2.24, 2.45) is 5.41 Å². The van der Waals surface area contributed by atoms with Crippen molar-refractivity contribution in [1.29, 1.82) is 0 Å². The van der Waals surface area contributed by atoms with Crippen LogP contribution in [0, 0.1) is 12.3 Å². The molecule has 0 radical (unpaired) electrons. The molecule has 9 aromatic carbocycles. The number of hydrogen-bond donors (Lipinski definition) is 0. The highest BCUT2D eigenvalue weighted by molar-refractivity contribution is 7.00. The number of aryl methyl sites for hydroxylation is 1. The molecule has 87 heavy (non-hydrogen) atoms. The second kappa shape index (κ2) is 19.7. The maximum absolute atomic E-state index is 2.86. The van der Waals surface area contributed by atoms with Crippen LogP contribution in [0.15, 0.2) is 182 Å². The van der Waals surface area contributed by atoms with Crippen molar-refractivity contribution in [3.05, 3.63) is 232 Å². The number of anilines is 8. The van der Waals surface area contributed by atoms with Gasteiger partial charge in [0.1, 0.15) is 0 Å². The molecular weight excluding hydrogens is 1050 g/mol. The highest BCUT2D eigenvalue weighted by Crippen LogP contribution is 2.64. The van der Waals surface area contributed by atoms with Crippen LogP contribution in [0.5, 0.6) is 0 Å². The second-order valence-corrected chi connectivity index (χ2v) is 32.0. The van der Waals surface area contributed by atoms with Crippen LogP contribution in [-0.2, 0) is 39.9 Å². The van der Waals surface area contributed by atoms with Gasteiger partial charge in [0.25, 0.3) is 6.71 Å². The Labute approximate surface area is 522 Å². The molecule has 0 amide bonds. The summed E-state index contributed by atoms with van der Waals surface area (Å²) in [6, 6.07) is 72.7. The lowest BCUT2D eigenvalue weighted by molar-refractivity contribution is 0.215. The van der Waals surface area contributed by atoms with Gasteiger partial charge in [-0.05, 0) is 211 Å². The van der Waals surface area contributed by atoms with Gasteiger partial charge in [-0.2, -0.15) is 0 Å². The first kappa shape index (κ1) is 57.2. The first-order valence-corrected chi connectivity index (χ1v) is 32.7. The summed E-state index contributed by atoms with van der Waals surface area (Å²) < 4.78 is 0. The van der Waals surface area contributed by atoms with Crippen LogP contribution >= 0.6 is 0 Å². The summed E-state index contributed by atoms with van der Waals surface area (Å²) in [7, 11) is 0. The predicted octanol–water partition coefficient (Wildman–Crippen LogP) is 20.5. The van der Waals surface area contributed by atoms with E-state index in [1.807, 2.05) is 0 Å². The third-order valence-corrected chi connectivity index (χ3v) is 21.2. The van der Waals surface area contributed by atoms with Gasteiger partial charge in [0, 0.05) is 50.7 Å². The SMILES string of the molecule is Cc1cc2c3c(c1)N(c1ccc(C(C)(C)C)cc1-c1ccccc1)c1cc4c(cc1B3c1cc(N3c5ccc(C(C)(C)C)cc5C5(c6ccc(C(C)(C)C)cc6)CCCCC35C)ccc1N2c1ccc(C(C)(C)C)cc1-c1ccccc1)CC(C)(C)C4. The lowest BCUT2D eigenvalue weighted by atomic mass is 9.33. The molecule has 440 valence electrons. The van der Waals surface area contributed by atoms with Gasteiger partial charge in [-0.25, -0.2) is 0 Å². The summed E-state index contributed by atoms with van der Waals surface area (Å²) in [6.07, 6.45) is 6.69. The fourth-order valence-corrected chi connectivity index (χ4v) is 16.6. The Hall–Kier alpha value is -7.56. The van der Waals surface area contributed by atoms with E-state index in [9.17, 15) is 0 Å². The molecular formula is C83H90BN3. The van der Waals surface area contributed by atoms with Gasteiger partial charge in [-0.3, -0.25) is 0 Å². The minimum Gasteiger partial charge on any atom is -0.334 e. The first-order valence-electron chi connectivity index (χ1n) is 32.7. The lowest BCUT2D eigenvalue weighted by Crippen LogP contribution is -2.62. The quantitative estimate of drug-likeness (QED) is 0.154. The number of benzene rings is 9. The zero-order valence-corrected chi connectivity index (χ0v) is 55.0. The zero-order valence-electron chi connectivity index (χ0n) is 55.0. The van der Waals surface area contributed by atoms with Gasteiger partial charge < -0.3 is 14.7 Å². The molecule has 2 unspecified atom stereocenters. The van der Waals surface area contributed by atoms with E-state index in [0.29, 0.717) is 0 Å². The van der Waals surface area contributed by atoms with E-state index in [4.69, 9.17) is 0 Å². The summed E-state index contributed by atoms with van der Waals surface area (Å²) in [4.78, 5) is 8.25. The highest BCUT2D eigenvalue weighted by Gasteiger charge is 2.61. The molecule has 14 rings (SSSR count). The average molecular weight is 1140 g/mol. The Morgan fingerprint density at radius 1 is 0.402 bits per heavy atom. The molecule has 0 aromatic heterocycles. The van der Waals surface area contributed by atoms with Crippen molar-refractivity contribution in [3.8, 4) is 22.3 Å². The topological polar surface area (TPSA) is 9.72 Å². The summed E-state index contributed by atoms with van der Waals surface area (Å²) in [5.41, 5.74) is 31.3. The third kappa shape index (κ3) is 9.10. The second-order valence-electron chi connectivity index (χ2n) is 32.0. The van der Waals surface area contributed by atoms with Crippen molar-refractivity contribution in [2.45, 2.75) is 182 Å². The van der Waals surface area contributed by atoms with Crippen LogP contribution in [-0.4, -0.2) is 12.3 Å². The van der Waals surface area contributed by atoms with Crippen LogP contribution in [0.1, 0.15) is 180 Å². The molecule has 0 spiro atoms. The van der Waals surface area contributed by atoms with E-state index in [1.165, 1.54) is 147 Å². The van der Waals surface area contributed by atoms with Gasteiger partial charge in [-0.1, -0.05) is 225 Å². The number of fused-ring (bicyclic) bond motifs is 8. The number of rotatable bonds is 6. The van der Waals surface area contributed by atoms with Crippen LogP contribution in [0.3, 0.4) is 0 Å². The highest BCUT2D eigenvalue weighted by atomic mass is 15.3. The molecule has 0 N–H and O–H groups in total. The van der Waals surface area contributed by atoms with Crippen molar-refractivity contribution in [1.82, 2.24) is 0 Å². The van der Waals surface area contributed by atoms with E-state index >= 15 is 0 Å². The lowest BCUT2D eigenvalue weighted by Gasteiger charge is -2.52. The maximum atomic E-state index is 2.86. The molecule has 1 saturated carbocycles. The van der Waals surface area contributed by atoms with Crippen LogP contribution in [0.25, 0.3) is 22.3 Å². The van der Waals surface area contributed by atoms with Crippen molar-refractivity contribution >= 4 is 68.6 Å².